The number of hydrogen-bond acceptors (Lipinski definition) is 3. The van der Waals surface area contributed by atoms with Crippen molar-refractivity contribution in [1.82, 2.24) is 10.6 Å². The predicted molar refractivity (Wildman–Crippen MR) is 108 cm³/mol. The number of halogens is 2. The number of fused-ring (bicyclic) bond motifs is 1. The molecule has 5 nitrogen and oxygen atoms in total. The van der Waals surface area contributed by atoms with Gasteiger partial charge in [0.25, 0.3) is 0 Å². The topological polar surface area (TPSA) is 54.9 Å². The van der Waals surface area contributed by atoms with Gasteiger partial charge in [0.05, 0.1) is 5.02 Å². The molecule has 7 heteroatoms. The molecular formula is C17H23ClIN3O2. The Bertz CT molecular complexity index is 614. The van der Waals surface area contributed by atoms with Gasteiger partial charge in [-0.15, -0.1) is 24.0 Å². The molecule has 1 heterocycles. The van der Waals surface area contributed by atoms with Crippen LogP contribution in [0.25, 0.3) is 0 Å². The molecule has 0 bridgehead atoms. The van der Waals surface area contributed by atoms with E-state index in [0.29, 0.717) is 30.0 Å². The lowest BCUT2D eigenvalue weighted by molar-refractivity contribution is 0.171. The number of nitrogens with zero attached hydrogens (tertiary/aromatic N) is 1. The molecule has 0 saturated heterocycles. The van der Waals surface area contributed by atoms with E-state index < -0.39 is 0 Å². The van der Waals surface area contributed by atoms with E-state index in [1.807, 2.05) is 12.1 Å². The SMILES string of the molecule is CN=C(NCCc1cc(Cl)c2c(c1)OCCO2)NC1CC=CC1.I. The van der Waals surface area contributed by atoms with Crippen molar-refractivity contribution in [3.05, 3.63) is 34.9 Å². The lowest BCUT2D eigenvalue weighted by atomic mass is 10.1. The number of hydrogen-bond donors (Lipinski definition) is 2. The fourth-order valence-corrected chi connectivity index (χ4v) is 3.04. The van der Waals surface area contributed by atoms with Gasteiger partial charge in [-0.1, -0.05) is 23.8 Å². The van der Waals surface area contributed by atoms with Crippen molar-refractivity contribution in [2.75, 3.05) is 26.8 Å². The van der Waals surface area contributed by atoms with Crippen LogP contribution in [0.4, 0.5) is 0 Å². The van der Waals surface area contributed by atoms with Crippen molar-refractivity contribution >= 4 is 41.5 Å². The Morgan fingerprint density at radius 1 is 1.25 bits per heavy atom. The van der Waals surface area contributed by atoms with E-state index >= 15 is 0 Å². The molecule has 0 aromatic heterocycles. The lowest BCUT2D eigenvalue weighted by Crippen LogP contribution is -2.43. The molecule has 1 aliphatic heterocycles. The Morgan fingerprint density at radius 3 is 2.75 bits per heavy atom. The van der Waals surface area contributed by atoms with Gasteiger partial charge in [0.2, 0.25) is 0 Å². The van der Waals surface area contributed by atoms with Crippen LogP contribution in [0.3, 0.4) is 0 Å². The van der Waals surface area contributed by atoms with E-state index in [1.165, 1.54) is 0 Å². The molecule has 24 heavy (non-hydrogen) atoms. The average molecular weight is 464 g/mol. The summed E-state index contributed by atoms with van der Waals surface area (Å²) in [7, 11) is 1.79. The Balaban J connectivity index is 0.00000208. The number of guanidine groups is 1. The van der Waals surface area contributed by atoms with Crippen LogP contribution in [-0.2, 0) is 6.42 Å². The average Bonchev–Trinajstić information content (AvgIpc) is 3.07. The molecule has 0 spiro atoms. The number of aliphatic imine (C=N–C) groups is 1. The maximum absolute atomic E-state index is 6.26. The molecule has 1 aromatic rings. The highest BCUT2D eigenvalue weighted by atomic mass is 127. The highest BCUT2D eigenvalue weighted by molar-refractivity contribution is 14.0. The van der Waals surface area contributed by atoms with Crippen LogP contribution in [0.2, 0.25) is 5.02 Å². The minimum Gasteiger partial charge on any atom is -0.486 e. The summed E-state index contributed by atoms with van der Waals surface area (Å²) < 4.78 is 11.1. The molecule has 0 saturated carbocycles. The van der Waals surface area contributed by atoms with Crippen LogP contribution in [-0.4, -0.2) is 38.8 Å². The Kier molecular flexibility index (Phi) is 7.48. The quantitative estimate of drug-likeness (QED) is 0.312. The summed E-state index contributed by atoms with van der Waals surface area (Å²) in [5, 5.41) is 7.37. The van der Waals surface area contributed by atoms with Gasteiger partial charge in [-0.3, -0.25) is 4.99 Å². The Labute approximate surface area is 164 Å². The molecule has 1 aliphatic carbocycles. The van der Waals surface area contributed by atoms with E-state index in [0.717, 1.165) is 43.1 Å². The second kappa shape index (κ2) is 9.36. The summed E-state index contributed by atoms with van der Waals surface area (Å²) in [6.45, 7) is 1.89. The van der Waals surface area contributed by atoms with Crippen molar-refractivity contribution in [2.24, 2.45) is 4.99 Å². The van der Waals surface area contributed by atoms with Gasteiger partial charge in [-0.2, -0.15) is 0 Å². The predicted octanol–water partition coefficient (Wildman–Crippen LogP) is 3.16. The molecule has 3 rings (SSSR count). The third-order valence-corrected chi connectivity index (χ3v) is 4.22. The van der Waals surface area contributed by atoms with Crippen molar-refractivity contribution in [3.8, 4) is 11.5 Å². The first-order valence-corrected chi connectivity index (χ1v) is 8.34. The van der Waals surface area contributed by atoms with Gasteiger partial charge < -0.3 is 20.1 Å². The van der Waals surface area contributed by atoms with Gasteiger partial charge in [0.1, 0.15) is 13.2 Å². The Morgan fingerprint density at radius 2 is 2.00 bits per heavy atom. The van der Waals surface area contributed by atoms with Gasteiger partial charge in [0.15, 0.2) is 17.5 Å². The smallest absolute Gasteiger partial charge is 0.191 e. The second-order valence-corrected chi connectivity index (χ2v) is 6.04. The minimum absolute atomic E-state index is 0. The summed E-state index contributed by atoms with van der Waals surface area (Å²) >= 11 is 6.26. The van der Waals surface area contributed by atoms with Crippen molar-refractivity contribution < 1.29 is 9.47 Å². The molecule has 0 radical (unpaired) electrons. The van der Waals surface area contributed by atoms with E-state index in [-0.39, 0.29) is 24.0 Å². The zero-order valence-electron chi connectivity index (χ0n) is 13.7. The number of nitrogens with one attached hydrogen (secondary N) is 2. The molecule has 2 N–H and O–H groups in total. The van der Waals surface area contributed by atoms with Gasteiger partial charge in [-0.05, 0) is 37.0 Å². The maximum Gasteiger partial charge on any atom is 0.191 e. The standard InChI is InChI=1S/C17H22ClN3O2.HI/c1-19-17(21-13-4-2-3-5-13)20-7-6-12-10-14(18)16-15(11-12)22-8-9-23-16;/h2-3,10-11,13H,4-9H2,1H3,(H2,19,20,21);1H. The first-order valence-electron chi connectivity index (χ1n) is 7.96. The van der Waals surface area contributed by atoms with E-state index in [4.69, 9.17) is 21.1 Å². The van der Waals surface area contributed by atoms with Gasteiger partial charge >= 0.3 is 0 Å². The highest BCUT2D eigenvalue weighted by Gasteiger charge is 2.16. The van der Waals surface area contributed by atoms with E-state index in [2.05, 4.69) is 27.8 Å². The number of ether oxygens (including phenoxy) is 2. The first kappa shape index (κ1) is 19.2. The molecule has 2 aliphatic rings. The fourth-order valence-electron chi connectivity index (χ4n) is 2.76. The fraction of sp³-hybridized carbons (Fsp3) is 0.471. The molecule has 132 valence electrons. The maximum atomic E-state index is 6.26. The summed E-state index contributed by atoms with van der Waals surface area (Å²) in [5.74, 6) is 2.22. The molecule has 0 atom stereocenters. The van der Waals surface area contributed by atoms with Crippen LogP contribution >= 0.6 is 35.6 Å². The highest BCUT2D eigenvalue weighted by Crippen LogP contribution is 2.38. The molecule has 0 amide bonds. The van der Waals surface area contributed by atoms with Crippen LogP contribution < -0.4 is 20.1 Å². The van der Waals surface area contributed by atoms with Crippen LogP contribution in [0.5, 0.6) is 11.5 Å². The molecule has 1 aromatic carbocycles. The van der Waals surface area contributed by atoms with Crippen molar-refractivity contribution in [3.63, 3.8) is 0 Å². The van der Waals surface area contributed by atoms with Gasteiger partial charge in [0, 0.05) is 19.6 Å². The second-order valence-electron chi connectivity index (χ2n) is 5.63. The molecule has 0 unspecified atom stereocenters. The Hall–Kier alpha value is -1.15. The van der Waals surface area contributed by atoms with E-state index in [1.54, 1.807) is 7.05 Å². The van der Waals surface area contributed by atoms with Crippen LogP contribution in [0.1, 0.15) is 18.4 Å². The summed E-state index contributed by atoms with van der Waals surface area (Å²) in [5.41, 5.74) is 1.12. The van der Waals surface area contributed by atoms with Crippen molar-refractivity contribution in [2.45, 2.75) is 25.3 Å². The third-order valence-electron chi connectivity index (χ3n) is 3.94. The third kappa shape index (κ3) is 4.92. The first-order chi connectivity index (χ1) is 11.3. The number of benzene rings is 1. The van der Waals surface area contributed by atoms with Crippen LogP contribution in [0, 0.1) is 0 Å². The van der Waals surface area contributed by atoms with Crippen molar-refractivity contribution in [1.29, 1.82) is 0 Å². The molecule has 0 fully saturated rings. The zero-order chi connectivity index (χ0) is 16.1. The lowest BCUT2D eigenvalue weighted by Gasteiger charge is -2.20. The largest absolute Gasteiger partial charge is 0.486 e. The minimum atomic E-state index is 0. The summed E-state index contributed by atoms with van der Waals surface area (Å²) in [6, 6.07) is 4.39. The monoisotopic (exact) mass is 463 g/mol. The summed E-state index contributed by atoms with van der Waals surface area (Å²) in [4.78, 5) is 4.27. The number of rotatable bonds is 4. The zero-order valence-corrected chi connectivity index (χ0v) is 16.8. The van der Waals surface area contributed by atoms with Crippen LogP contribution in [0.15, 0.2) is 29.3 Å². The normalized spacial score (nSPS) is 16.7. The summed E-state index contributed by atoms with van der Waals surface area (Å²) in [6.07, 6.45) is 7.33. The molecular weight excluding hydrogens is 441 g/mol. The van der Waals surface area contributed by atoms with Gasteiger partial charge in [-0.25, -0.2) is 0 Å². The van der Waals surface area contributed by atoms with E-state index in [9.17, 15) is 0 Å².